The Bertz CT molecular complexity index is 1050. The molecular formula is C24H28F2N4O2. The number of anilines is 2. The molecule has 2 heterocycles. The van der Waals surface area contributed by atoms with Crippen LogP contribution in [0.15, 0.2) is 47.5 Å². The Morgan fingerprint density at radius 2 is 1.91 bits per heavy atom. The lowest BCUT2D eigenvalue weighted by atomic mass is 9.84. The van der Waals surface area contributed by atoms with Crippen molar-refractivity contribution in [1.82, 2.24) is 4.90 Å². The van der Waals surface area contributed by atoms with Crippen molar-refractivity contribution in [2.45, 2.75) is 44.7 Å². The summed E-state index contributed by atoms with van der Waals surface area (Å²) in [6, 6.07) is 11.2. The maximum atomic E-state index is 13.4. The molecule has 1 atom stereocenters. The normalized spacial score (nSPS) is 21.7. The fraction of sp³-hybridized carbons (Fsp3) is 0.417. The van der Waals surface area contributed by atoms with Gasteiger partial charge in [0.1, 0.15) is 17.1 Å². The summed E-state index contributed by atoms with van der Waals surface area (Å²) in [5, 5.41) is 7.12. The first kappa shape index (κ1) is 22.0. The first-order valence-electron chi connectivity index (χ1n) is 10.8. The summed E-state index contributed by atoms with van der Waals surface area (Å²) in [5.41, 5.74) is 1.07. The summed E-state index contributed by atoms with van der Waals surface area (Å²) < 4.78 is 32.0. The fourth-order valence-corrected chi connectivity index (χ4v) is 4.10. The standard InChI is InChI=1S/C24H28F2N4O2/c1-23(2,3)29-22-24(28-20-8-5-4-7-19(20)27-22)11-6-12-30(15-24)21(31)14-32-16-9-10-17(25)18(26)13-16/h4-5,7-10,13,28H,6,11-12,14-15H2,1-3H3,(H,27,29)/t24-/m0/s1. The zero-order valence-electron chi connectivity index (χ0n) is 18.5. The van der Waals surface area contributed by atoms with E-state index in [1.165, 1.54) is 6.07 Å². The molecule has 2 aliphatic heterocycles. The van der Waals surface area contributed by atoms with Gasteiger partial charge >= 0.3 is 0 Å². The average Bonchev–Trinajstić information content (AvgIpc) is 2.74. The molecular weight excluding hydrogens is 414 g/mol. The van der Waals surface area contributed by atoms with E-state index in [9.17, 15) is 13.6 Å². The Morgan fingerprint density at radius 1 is 1.16 bits per heavy atom. The van der Waals surface area contributed by atoms with Crippen molar-refractivity contribution in [3.8, 4) is 5.75 Å². The Hall–Kier alpha value is -3.16. The van der Waals surface area contributed by atoms with Crippen LogP contribution in [0.25, 0.3) is 0 Å². The van der Waals surface area contributed by atoms with E-state index < -0.39 is 17.2 Å². The Morgan fingerprint density at radius 3 is 2.62 bits per heavy atom. The third-order valence-corrected chi connectivity index (χ3v) is 5.55. The van der Waals surface area contributed by atoms with E-state index >= 15 is 0 Å². The molecule has 1 saturated heterocycles. The van der Waals surface area contributed by atoms with Gasteiger partial charge in [0, 0.05) is 12.6 Å². The predicted molar refractivity (Wildman–Crippen MR) is 121 cm³/mol. The molecule has 32 heavy (non-hydrogen) atoms. The number of likely N-dealkylation sites (tertiary alicyclic amines) is 1. The summed E-state index contributed by atoms with van der Waals surface area (Å²) in [5.74, 6) is -1.26. The second kappa shape index (κ2) is 8.41. The number of rotatable bonds is 3. The Labute approximate surface area is 186 Å². The van der Waals surface area contributed by atoms with Gasteiger partial charge in [0.25, 0.3) is 5.91 Å². The average molecular weight is 443 g/mol. The minimum atomic E-state index is -1.01. The lowest BCUT2D eigenvalue weighted by Gasteiger charge is -2.47. The van der Waals surface area contributed by atoms with Crippen molar-refractivity contribution in [2.24, 2.45) is 4.99 Å². The van der Waals surface area contributed by atoms with Crippen molar-refractivity contribution >= 4 is 23.1 Å². The van der Waals surface area contributed by atoms with Crippen molar-refractivity contribution in [3.05, 3.63) is 54.1 Å². The van der Waals surface area contributed by atoms with Gasteiger partial charge in [-0.2, -0.15) is 0 Å². The number of carbonyl (C=O) groups is 1. The number of halogens is 2. The maximum absolute atomic E-state index is 13.4. The molecule has 170 valence electrons. The van der Waals surface area contributed by atoms with Gasteiger partial charge in [-0.15, -0.1) is 0 Å². The fourth-order valence-electron chi connectivity index (χ4n) is 4.10. The van der Waals surface area contributed by atoms with E-state index in [0.29, 0.717) is 13.1 Å². The highest BCUT2D eigenvalue weighted by molar-refractivity contribution is 6.10. The number of hydrogen-bond acceptors (Lipinski definition) is 4. The molecule has 1 fully saturated rings. The van der Waals surface area contributed by atoms with E-state index in [2.05, 4.69) is 10.6 Å². The highest BCUT2D eigenvalue weighted by Crippen LogP contribution is 2.37. The van der Waals surface area contributed by atoms with Gasteiger partial charge in [-0.3, -0.25) is 9.79 Å². The molecule has 0 aliphatic carbocycles. The van der Waals surface area contributed by atoms with Crippen molar-refractivity contribution in [2.75, 3.05) is 30.3 Å². The third kappa shape index (κ3) is 4.69. The minimum Gasteiger partial charge on any atom is -0.484 e. The molecule has 0 unspecified atom stereocenters. The number of hydrogen-bond donors (Lipinski definition) is 2. The molecule has 4 rings (SSSR count). The number of amidine groups is 1. The van der Waals surface area contributed by atoms with Crippen LogP contribution >= 0.6 is 0 Å². The molecule has 0 saturated carbocycles. The maximum Gasteiger partial charge on any atom is 0.260 e. The van der Waals surface area contributed by atoms with Crippen molar-refractivity contribution in [3.63, 3.8) is 0 Å². The van der Waals surface area contributed by atoms with Crippen LogP contribution in [0.2, 0.25) is 0 Å². The van der Waals surface area contributed by atoms with E-state index in [4.69, 9.17) is 9.73 Å². The summed E-state index contributed by atoms with van der Waals surface area (Å²) in [7, 11) is 0. The number of para-hydroxylation sites is 2. The number of benzene rings is 2. The van der Waals surface area contributed by atoms with Gasteiger partial charge in [0.2, 0.25) is 0 Å². The molecule has 2 aromatic carbocycles. The van der Waals surface area contributed by atoms with Crippen LogP contribution in [-0.2, 0) is 4.79 Å². The summed E-state index contributed by atoms with van der Waals surface area (Å²) in [4.78, 5) is 19.6. The zero-order chi connectivity index (χ0) is 22.9. The smallest absolute Gasteiger partial charge is 0.260 e. The quantitative estimate of drug-likeness (QED) is 0.738. The molecule has 2 N–H and O–H groups in total. The van der Waals surface area contributed by atoms with Gasteiger partial charge < -0.3 is 20.3 Å². The van der Waals surface area contributed by atoms with E-state index in [1.54, 1.807) is 4.90 Å². The highest BCUT2D eigenvalue weighted by Gasteiger charge is 2.45. The SMILES string of the molecule is CC(C)(C)N=C1Nc2ccccc2N[C@]12CCCN(C(=O)COc1ccc(F)c(F)c1)C2. The first-order valence-corrected chi connectivity index (χ1v) is 10.8. The molecule has 1 spiro atoms. The van der Waals surface area contributed by atoms with E-state index in [0.717, 1.165) is 42.2 Å². The van der Waals surface area contributed by atoms with E-state index in [-0.39, 0.29) is 23.8 Å². The number of nitrogens with zero attached hydrogens (tertiary/aromatic N) is 2. The van der Waals surface area contributed by atoms with E-state index in [1.807, 2.05) is 45.0 Å². The van der Waals surface area contributed by atoms with Gasteiger partial charge in [-0.25, -0.2) is 8.78 Å². The number of amides is 1. The largest absolute Gasteiger partial charge is 0.484 e. The van der Waals surface area contributed by atoms with Gasteiger partial charge in [0.05, 0.1) is 23.5 Å². The monoisotopic (exact) mass is 442 g/mol. The molecule has 8 heteroatoms. The summed E-state index contributed by atoms with van der Waals surface area (Å²) in [6.07, 6.45) is 1.61. The number of carbonyl (C=O) groups excluding carboxylic acids is 1. The van der Waals surface area contributed by atoms with Crippen LogP contribution in [-0.4, -0.2) is 47.4 Å². The topological polar surface area (TPSA) is 66.0 Å². The van der Waals surface area contributed by atoms with Crippen LogP contribution in [0.5, 0.6) is 5.75 Å². The van der Waals surface area contributed by atoms with Crippen LogP contribution in [0.4, 0.5) is 20.2 Å². The molecule has 0 radical (unpaired) electrons. The van der Waals surface area contributed by atoms with Gasteiger partial charge in [-0.05, 0) is 57.9 Å². The second-order valence-electron chi connectivity index (χ2n) is 9.29. The Kier molecular flexibility index (Phi) is 5.79. The Balaban J connectivity index is 1.54. The minimum absolute atomic E-state index is 0.116. The number of piperidine rings is 1. The van der Waals surface area contributed by atoms with Crippen LogP contribution in [0.3, 0.4) is 0 Å². The molecule has 2 aromatic rings. The lowest BCUT2D eigenvalue weighted by molar-refractivity contribution is -0.134. The predicted octanol–water partition coefficient (Wildman–Crippen LogP) is 4.44. The molecule has 2 aliphatic rings. The number of aliphatic imine (C=N–C) groups is 1. The third-order valence-electron chi connectivity index (χ3n) is 5.55. The summed E-state index contributed by atoms with van der Waals surface area (Å²) >= 11 is 0. The van der Waals surface area contributed by atoms with Crippen LogP contribution < -0.4 is 15.4 Å². The molecule has 0 aromatic heterocycles. The number of ether oxygens (including phenoxy) is 1. The molecule has 0 bridgehead atoms. The lowest BCUT2D eigenvalue weighted by Crippen LogP contribution is -2.63. The molecule has 6 nitrogen and oxygen atoms in total. The zero-order valence-corrected chi connectivity index (χ0v) is 18.5. The van der Waals surface area contributed by atoms with Crippen molar-refractivity contribution < 1.29 is 18.3 Å². The summed E-state index contributed by atoms with van der Waals surface area (Å²) in [6.45, 7) is 6.87. The van der Waals surface area contributed by atoms with Crippen LogP contribution in [0, 0.1) is 11.6 Å². The first-order chi connectivity index (χ1) is 15.2. The van der Waals surface area contributed by atoms with Gasteiger partial charge in [-0.1, -0.05) is 12.1 Å². The molecule has 1 amide bonds. The second-order valence-corrected chi connectivity index (χ2v) is 9.29. The highest BCUT2D eigenvalue weighted by atomic mass is 19.2. The number of fused-ring (bicyclic) bond motifs is 1. The van der Waals surface area contributed by atoms with Crippen molar-refractivity contribution in [1.29, 1.82) is 0 Å². The van der Waals surface area contributed by atoms with Gasteiger partial charge in [0.15, 0.2) is 18.2 Å². The van der Waals surface area contributed by atoms with Crippen LogP contribution in [0.1, 0.15) is 33.6 Å². The number of nitrogens with one attached hydrogen (secondary N) is 2.